The maximum absolute atomic E-state index is 13.2. The SMILES string of the molecule is Fc1ccc(C(Cl)c2ccc(Cl)c3ccccc23)c(Cl)c1. The Kier molecular flexibility index (Phi) is 4.08. The summed E-state index contributed by atoms with van der Waals surface area (Å²) >= 11 is 18.9. The summed E-state index contributed by atoms with van der Waals surface area (Å²) in [5.74, 6) is -0.381. The summed E-state index contributed by atoms with van der Waals surface area (Å²) in [4.78, 5) is 0. The molecule has 0 bridgehead atoms. The van der Waals surface area contributed by atoms with Crippen molar-refractivity contribution in [3.8, 4) is 0 Å². The van der Waals surface area contributed by atoms with Crippen molar-refractivity contribution >= 4 is 45.6 Å². The van der Waals surface area contributed by atoms with Crippen molar-refractivity contribution < 1.29 is 4.39 Å². The first-order chi connectivity index (χ1) is 10.1. The van der Waals surface area contributed by atoms with Gasteiger partial charge in [-0.05, 0) is 34.7 Å². The highest BCUT2D eigenvalue weighted by Crippen LogP contribution is 2.38. The minimum absolute atomic E-state index is 0.314. The van der Waals surface area contributed by atoms with Crippen LogP contribution in [0.15, 0.2) is 54.6 Å². The van der Waals surface area contributed by atoms with Gasteiger partial charge in [0.05, 0.1) is 5.38 Å². The lowest BCUT2D eigenvalue weighted by Gasteiger charge is -2.15. The van der Waals surface area contributed by atoms with Crippen molar-refractivity contribution in [3.63, 3.8) is 0 Å². The fourth-order valence-electron chi connectivity index (χ4n) is 2.38. The lowest BCUT2D eigenvalue weighted by atomic mass is 9.98. The monoisotopic (exact) mass is 338 g/mol. The smallest absolute Gasteiger partial charge is 0.124 e. The van der Waals surface area contributed by atoms with Gasteiger partial charge in [-0.3, -0.25) is 0 Å². The number of rotatable bonds is 2. The zero-order valence-electron chi connectivity index (χ0n) is 10.8. The molecule has 0 amide bonds. The van der Waals surface area contributed by atoms with Crippen molar-refractivity contribution in [3.05, 3.63) is 81.6 Å². The molecule has 0 aromatic heterocycles. The molecule has 0 heterocycles. The van der Waals surface area contributed by atoms with Crippen LogP contribution in [0.3, 0.4) is 0 Å². The third kappa shape index (κ3) is 2.74. The summed E-state index contributed by atoms with van der Waals surface area (Å²) in [5, 5.41) is 2.41. The largest absolute Gasteiger partial charge is 0.207 e. The molecule has 0 aliphatic carbocycles. The topological polar surface area (TPSA) is 0 Å². The second-order valence-corrected chi connectivity index (χ2v) is 5.96. The van der Waals surface area contributed by atoms with Crippen LogP contribution in [0.2, 0.25) is 10.0 Å². The minimum atomic E-state index is -0.472. The zero-order chi connectivity index (χ0) is 15.0. The molecular formula is C17H10Cl3F. The molecule has 1 atom stereocenters. The number of hydrogen-bond acceptors (Lipinski definition) is 0. The highest BCUT2D eigenvalue weighted by molar-refractivity contribution is 6.36. The molecular weight excluding hydrogens is 330 g/mol. The minimum Gasteiger partial charge on any atom is -0.207 e. The Hall–Kier alpha value is -1.28. The summed E-state index contributed by atoms with van der Waals surface area (Å²) in [6, 6.07) is 15.7. The molecule has 0 radical (unpaired) electrons. The maximum atomic E-state index is 13.2. The third-order valence-electron chi connectivity index (χ3n) is 3.41. The van der Waals surface area contributed by atoms with Crippen LogP contribution in [0.5, 0.6) is 0 Å². The van der Waals surface area contributed by atoms with Crippen molar-refractivity contribution in [2.75, 3.05) is 0 Å². The van der Waals surface area contributed by atoms with Crippen molar-refractivity contribution in [2.45, 2.75) is 5.38 Å². The van der Waals surface area contributed by atoms with Gasteiger partial charge in [0.25, 0.3) is 0 Å². The molecule has 4 heteroatoms. The average molecular weight is 340 g/mol. The second-order valence-electron chi connectivity index (χ2n) is 4.71. The number of benzene rings is 3. The predicted molar refractivity (Wildman–Crippen MR) is 88.1 cm³/mol. The van der Waals surface area contributed by atoms with E-state index in [1.807, 2.05) is 36.4 Å². The van der Waals surface area contributed by atoms with Crippen molar-refractivity contribution in [1.82, 2.24) is 0 Å². The molecule has 0 aliphatic heterocycles. The van der Waals surface area contributed by atoms with Crippen LogP contribution in [-0.2, 0) is 0 Å². The molecule has 0 nitrogen and oxygen atoms in total. The fourth-order valence-corrected chi connectivity index (χ4v) is 3.32. The fraction of sp³-hybridized carbons (Fsp3) is 0.0588. The molecule has 0 saturated heterocycles. The molecule has 3 aromatic carbocycles. The Morgan fingerprint density at radius 2 is 1.43 bits per heavy atom. The quantitative estimate of drug-likeness (QED) is 0.461. The average Bonchev–Trinajstić information content (AvgIpc) is 2.47. The highest BCUT2D eigenvalue weighted by Gasteiger charge is 2.17. The van der Waals surface area contributed by atoms with Gasteiger partial charge in [-0.2, -0.15) is 0 Å². The van der Waals surface area contributed by atoms with E-state index < -0.39 is 5.38 Å². The number of alkyl halides is 1. The normalized spacial score (nSPS) is 12.6. The van der Waals surface area contributed by atoms with E-state index in [-0.39, 0.29) is 5.82 Å². The van der Waals surface area contributed by atoms with Gasteiger partial charge >= 0.3 is 0 Å². The first-order valence-electron chi connectivity index (χ1n) is 6.34. The van der Waals surface area contributed by atoms with Gasteiger partial charge in [0.1, 0.15) is 5.82 Å². The van der Waals surface area contributed by atoms with Crippen LogP contribution < -0.4 is 0 Å². The van der Waals surface area contributed by atoms with E-state index in [9.17, 15) is 4.39 Å². The lowest BCUT2D eigenvalue weighted by molar-refractivity contribution is 0.627. The van der Waals surface area contributed by atoms with Crippen molar-refractivity contribution in [1.29, 1.82) is 0 Å². The first kappa shape index (κ1) is 14.6. The summed E-state index contributed by atoms with van der Waals surface area (Å²) in [6.45, 7) is 0. The second kappa shape index (κ2) is 5.84. The van der Waals surface area contributed by atoms with Gasteiger partial charge in [-0.1, -0.05) is 59.6 Å². The molecule has 3 rings (SSSR count). The summed E-state index contributed by atoms with van der Waals surface area (Å²) < 4.78 is 13.2. The summed E-state index contributed by atoms with van der Waals surface area (Å²) in [6.07, 6.45) is 0. The number of halogens is 4. The van der Waals surface area contributed by atoms with E-state index in [0.717, 1.165) is 16.3 Å². The Labute approximate surface area is 137 Å². The van der Waals surface area contributed by atoms with Crippen LogP contribution in [0, 0.1) is 5.82 Å². The molecule has 106 valence electrons. The summed E-state index contributed by atoms with van der Waals surface area (Å²) in [5.41, 5.74) is 1.57. The third-order valence-corrected chi connectivity index (χ3v) is 4.54. The Morgan fingerprint density at radius 1 is 0.762 bits per heavy atom. The molecule has 3 aromatic rings. The van der Waals surface area contributed by atoms with E-state index in [4.69, 9.17) is 34.8 Å². The molecule has 1 unspecified atom stereocenters. The van der Waals surface area contributed by atoms with E-state index in [0.29, 0.717) is 15.6 Å². The standard InChI is InChI=1S/C17H10Cl3F/c18-15-8-7-13(11-3-1-2-4-12(11)15)17(20)14-6-5-10(21)9-16(14)19/h1-9,17H. The van der Waals surface area contributed by atoms with E-state index in [2.05, 4.69) is 0 Å². The first-order valence-corrected chi connectivity index (χ1v) is 7.53. The Morgan fingerprint density at radius 3 is 2.14 bits per heavy atom. The van der Waals surface area contributed by atoms with Crippen LogP contribution in [0.25, 0.3) is 10.8 Å². The van der Waals surface area contributed by atoms with Crippen molar-refractivity contribution in [2.24, 2.45) is 0 Å². The van der Waals surface area contributed by atoms with Gasteiger partial charge in [-0.25, -0.2) is 4.39 Å². The van der Waals surface area contributed by atoms with Crippen LogP contribution in [0.1, 0.15) is 16.5 Å². The van der Waals surface area contributed by atoms with Gasteiger partial charge in [-0.15, -0.1) is 11.6 Å². The highest BCUT2D eigenvalue weighted by atomic mass is 35.5. The molecule has 0 aliphatic rings. The zero-order valence-corrected chi connectivity index (χ0v) is 13.1. The maximum Gasteiger partial charge on any atom is 0.124 e. The summed E-state index contributed by atoms with van der Waals surface area (Å²) in [7, 11) is 0. The van der Waals surface area contributed by atoms with Crippen LogP contribution in [0.4, 0.5) is 4.39 Å². The van der Waals surface area contributed by atoms with Gasteiger partial charge in [0, 0.05) is 15.4 Å². The molecule has 0 saturated carbocycles. The Balaban J connectivity index is 2.18. The van der Waals surface area contributed by atoms with E-state index in [1.54, 1.807) is 6.07 Å². The molecule has 0 fully saturated rings. The van der Waals surface area contributed by atoms with Gasteiger partial charge in [0.15, 0.2) is 0 Å². The molecule has 0 spiro atoms. The van der Waals surface area contributed by atoms with Crippen LogP contribution >= 0.6 is 34.8 Å². The molecule has 21 heavy (non-hydrogen) atoms. The van der Waals surface area contributed by atoms with Gasteiger partial charge in [0.2, 0.25) is 0 Å². The van der Waals surface area contributed by atoms with E-state index in [1.165, 1.54) is 12.1 Å². The lowest BCUT2D eigenvalue weighted by Crippen LogP contribution is -1.96. The van der Waals surface area contributed by atoms with E-state index >= 15 is 0 Å². The molecule has 0 N–H and O–H groups in total. The van der Waals surface area contributed by atoms with Gasteiger partial charge < -0.3 is 0 Å². The Bertz CT molecular complexity index is 814. The number of hydrogen-bond donors (Lipinski definition) is 0. The number of fused-ring (bicyclic) bond motifs is 1. The predicted octanol–water partition coefficient (Wildman–Crippen LogP) is 6.61. The van der Waals surface area contributed by atoms with Crippen LogP contribution in [-0.4, -0.2) is 0 Å².